The lowest BCUT2D eigenvalue weighted by Crippen LogP contribution is -1.98. The lowest BCUT2D eigenvalue weighted by Gasteiger charge is -2.03. The van der Waals surface area contributed by atoms with Crippen molar-refractivity contribution < 1.29 is 14.6 Å². The summed E-state index contributed by atoms with van der Waals surface area (Å²) in [6.45, 7) is 0. The molecule has 0 amide bonds. The van der Waals surface area contributed by atoms with Crippen molar-refractivity contribution in [3.05, 3.63) is 107 Å². The van der Waals surface area contributed by atoms with E-state index in [9.17, 15) is 9.90 Å². The van der Waals surface area contributed by atoms with Gasteiger partial charge in [-0.15, -0.1) is 6.42 Å². The molecule has 30 heavy (non-hydrogen) atoms. The molecular weight excluding hydrogens is 374 g/mol. The summed E-state index contributed by atoms with van der Waals surface area (Å²) in [5.74, 6) is 1.80. The molecule has 0 atom stereocenters. The quantitative estimate of drug-likeness (QED) is 0.501. The third-order valence-corrected chi connectivity index (χ3v) is 4.77. The first-order chi connectivity index (χ1) is 14.6. The predicted octanol–water partition coefficient (Wildman–Crippen LogP) is 5.07. The van der Waals surface area contributed by atoms with E-state index in [1.165, 1.54) is 0 Å². The number of cyclic esters (lactones) is 1. The molecule has 0 spiro atoms. The second kappa shape index (κ2) is 7.83. The smallest absolute Gasteiger partial charge is 0.348 e. The zero-order chi connectivity index (χ0) is 21.1. The number of nitriles is 1. The van der Waals surface area contributed by atoms with Crippen molar-refractivity contribution in [3.8, 4) is 29.5 Å². The minimum Gasteiger partial charge on any atom is -0.504 e. The highest BCUT2D eigenvalue weighted by Gasteiger charge is 2.31. The van der Waals surface area contributed by atoms with E-state index in [2.05, 4.69) is 12.0 Å². The number of esters is 1. The van der Waals surface area contributed by atoms with Crippen LogP contribution in [0.3, 0.4) is 0 Å². The van der Waals surface area contributed by atoms with Crippen LogP contribution in [-0.4, -0.2) is 11.1 Å². The fraction of sp³-hybridized carbons (Fsp3) is 0. The Morgan fingerprint density at radius 2 is 1.37 bits per heavy atom. The lowest BCUT2D eigenvalue weighted by atomic mass is 10.0. The van der Waals surface area contributed by atoms with Gasteiger partial charge in [-0.25, -0.2) is 4.79 Å². The van der Waals surface area contributed by atoms with Gasteiger partial charge >= 0.3 is 5.97 Å². The number of nitrogens with zero attached hydrogens (tertiary/aromatic N) is 1. The van der Waals surface area contributed by atoms with Crippen molar-refractivity contribution in [2.24, 2.45) is 0 Å². The molecule has 142 valence electrons. The zero-order valence-corrected chi connectivity index (χ0v) is 15.8. The van der Waals surface area contributed by atoms with E-state index >= 15 is 0 Å². The summed E-state index contributed by atoms with van der Waals surface area (Å²) in [6, 6.07) is 23.7. The van der Waals surface area contributed by atoms with Crippen molar-refractivity contribution in [3.63, 3.8) is 0 Å². The van der Waals surface area contributed by atoms with Gasteiger partial charge in [0.2, 0.25) is 0 Å². The van der Waals surface area contributed by atoms with Crippen molar-refractivity contribution in [2.45, 2.75) is 0 Å². The molecule has 4 rings (SSSR count). The molecule has 1 N–H and O–H groups in total. The fourth-order valence-electron chi connectivity index (χ4n) is 3.17. The van der Waals surface area contributed by atoms with Crippen LogP contribution in [0.15, 0.2) is 84.3 Å². The molecule has 0 fully saturated rings. The molecular formula is C26H15NO3. The highest BCUT2D eigenvalue weighted by atomic mass is 16.6. The SMILES string of the molecule is C#Cc1ccc(C2=C(O)C(=Cc3ccc(-c4ccc(C#N)cc4)cc3)OC2=O)cc1. The van der Waals surface area contributed by atoms with Crippen molar-refractivity contribution in [1.82, 2.24) is 0 Å². The van der Waals surface area contributed by atoms with Crippen LogP contribution in [0.4, 0.5) is 0 Å². The number of carbonyl (C=O) groups is 1. The van der Waals surface area contributed by atoms with E-state index < -0.39 is 5.97 Å². The van der Waals surface area contributed by atoms with Crippen LogP contribution in [-0.2, 0) is 9.53 Å². The van der Waals surface area contributed by atoms with Gasteiger partial charge in [0.1, 0.15) is 5.57 Å². The second-order valence-electron chi connectivity index (χ2n) is 6.65. The van der Waals surface area contributed by atoms with Gasteiger partial charge in [-0.2, -0.15) is 5.26 Å². The Morgan fingerprint density at radius 1 is 0.833 bits per heavy atom. The van der Waals surface area contributed by atoms with Gasteiger partial charge in [-0.1, -0.05) is 54.5 Å². The topological polar surface area (TPSA) is 70.3 Å². The normalized spacial score (nSPS) is 14.3. The Labute approximate surface area is 174 Å². The second-order valence-corrected chi connectivity index (χ2v) is 6.65. The fourth-order valence-corrected chi connectivity index (χ4v) is 3.17. The molecule has 0 unspecified atom stereocenters. The lowest BCUT2D eigenvalue weighted by molar-refractivity contribution is -0.131. The molecule has 3 aromatic carbocycles. The maximum absolute atomic E-state index is 12.3. The van der Waals surface area contributed by atoms with Crippen LogP contribution in [0.1, 0.15) is 22.3 Å². The Morgan fingerprint density at radius 3 is 1.93 bits per heavy atom. The Hall–Kier alpha value is -4.54. The van der Waals surface area contributed by atoms with Gasteiger partial charge < -0.3 is 9.84 Å². The summed E-state index contributed by atoms with van der Waals surface area (Å²) in [4.78, 5) is 12.3. The average Bonchev–Trinajstić information content (AvgIpc) is 3.07. The predicted molar refractivity (Wildman–Crippen MR) is 115 cm³/mol. The number of aliphatic hydroxyl groups excluding tert-OH is 1. The molecule has 1 aliphatic heterocycles. The van der Waals surface area contributed by atoms with E-state index in [-0.39, 0.29) is 17.1 Å². The van der Waals surface area contributed by atoms with Crippen LogP contribution in [0.5, 0.6) is 0 Å². The number of benzene rings is 3. The third-order valence-electron chi connectivity index (χ3n) is 4.77. The van der Waals surface area contributed by atoms with E-state index in [1.807, 2.05) is 36.4 Å². The highest BCUT2D eigenvalue weighted by molar-refractivity contribution is 6.20. The number of terminal acetylenes is 1. The first kappa shape index (κ1) is 18.8. The Kier molecular flexibility index (Phi) is 4.91. The minimum absolute atomic E-state index is 0.0992. The highest BCUT2D eigenvalue weighted by Crippen LogP contribution is 2.33. The molecule has 1 aliphatic rings. The molecule has 0 aromatic heterocycles. The summed E-state index contributed by atoms with van der Waals surface area (Å²) in [5.41, 5.74) is 4.68. The van der Waals surface area contributed by atoms with E-state index in [0.717, 1.165) is 16.7 Å². The Bertz CT molecular complexity index is 1260. The summed E-state index contributed by atoms with van der Waals surface area (Å²) >= 11 is 0. The first-order valence-electron chi connectivity index (χ1n) is 9.14. The maximum Gasteiger partial charge on any atom is 0.348 e. The largest absolute Gasteiger partial charge is 0.504 e. The monoisotopic (exact) mass is 389 g/mol. The first-order valence-corrected chi connectivity index (χ1v) is 9.14. The summed E-state index contributed by atoms with van der Waals surface area (Å²) in [6.07, 6.45) is 6.96. The van der Waals surface area contributed by atoms with Crippen molar-refractivity contribution in [2.75, 3.05) is 0 Å². The molecule has 4 heteroatoms. The van der Waals surface area contributed by atoms with Gasteiger partial charge in [0.05, 0.1) is 11.6 Å². The van der Waals surface area contributed by atoms with Gasteiger partial charge in [-0.3, -0.25) is 0 Å². The molecule has 4 nitrogen and oxygen atoms in total. The average molecular weight is 389 g/mol. The number of aliphatic hydroxyl groups is 1. The van der Waals surface area contributed by atoms with Crippen LogP contribution < -0.4 is 0 Å². The standard InChI is InChI=1S/C26H15NO3/c1-2-17-3-13-22(14-4-17)24-25(28)23(30-26(24)29)15-18-5-9-20(10-6-18)21-11-7-19(16-27)8-12-21/h1,3-15,28H. The van der Waals surface area contributed by atoms with Crippen LogP contribution in [0, 0.1) is 23.7 Å². The van der Waals surface area contributed by atoms with Gasteiger partial charge in [0.25, 0.3) is 0 Å². The molecule has 0 radical (unpaired) electrons. The van der Waals surface area contributed by atoms with Crippen LogP contribution >= 0.6 is 0 Å². The maximum atomic E-state index is 12.3. The summed E-state index contributed by atoms with van der Waals surface area (Å²) in [5, 5.41) is 19.4. The van der Waals surface area contributed by atoms with Gasteiger partial charge in [0.15, 0.2) is 11.5 Å². The van der Waals surface area contributed by atoms with E-state index in [4.69, 9.17) is 16.4 Å². The Balaban J connectivity index is 1.61. The zero-order valence-electron chi connectivity index (χ0n) is 15.8. The van der Waals surface area contributed by atoms with Crippen LogP contribution in [0.25, 0.3) is 22.8 Å². The number of carbonyl (C=O) groups excluding carboxylic acids is 1. The molecule has 0 bridgehead atoms. The number of hydrogen-bond donors (Lipinski definition) is 1. The molecule has 1 heterocycles. The molecule has 0 saturated carbocycles. The molecule has 3 aromatic rings. The van der Waals surface area contributed by atoms with Crippen molar-refractivity contribution in [1.29, 1.82) is 5.26 Å². The summed E-state index contributed by atoms with van der Waals surface area (Å²) in [7, 11) is 0. The van der Waals surface area contributed by atoms with Gasteiger partial charge in [-0.05, 0) is 52.6 Å². The minimum atomic E-state index is -0.610. The summed E-state index contributed by atoms with van der Waals surface area (Å²) < 4.78 is 5.27. The van der Waals surface area contributed by atoms with E-state index in [1.54, 1.807) is 42.5 Å². The van der Waals surface area contributed by atoms with Crippen molar-refractivity contribution >= 4 is 17.6 Å². The van der Waals surface area contributed by atoms with E-state index in [0.29, 0.717) is 16.7 Å². The third kappa shape index (κ3) is 3.58. The molecule has 0 aliphatic carbocycles. The van der Waals surface area contributed by atoms with Crippen LogP contribution in [0.2, 0.25) is 0 Å². The number of ether oxygens (including phenoxy) is 1. The van der Waals surface area contributed by atoms with Gasteiger partial charge in [0, 0.05) is 5.56 Å². The number of hydrogen-bond acceptors (Lipinski definition) is 4. The number of rotatable bonds is 3. The molecule has 0 saturated heterocycles.